The molecule has 0 N–H and O–H groups in total. The van der Waals surface area contributed by atoms with Crippen LogP contribution in [0.3, 0.4) is 0 Å². The molecule has 0 saturated heterocycles. The Morgan fingerprint density at radius 2 is 2.33 bits per heavy atom. The summed E-state index contributed by atoms with van der Waals surface area (Å²) in [5.74, 6) is -0.134. The van der Waals surface area contributed by atoms with Gasteiger partial charge in [0.15, 0.2) is 5.82 Å². The van der Waals surface area contributed by atoms with Crippen molar-refractivity contribution >= 4 is 34.7 Å². The van der Waals surface area contributed by atoms with E-state index in [2.05, 4.69) is 22.4 Å². The third-order valence-corrected chi connectivity index (χ3v) is 2.02. The number of nitrogens with zero attached hydrogens (tertiary/aromatic N) is 1. The second kappa shape index (κ2) is 5.81. The van der Waals surface area contributed by atoms with Gasteiger partial charge in [-0.3, -0.25) is 0 Å². The van der Waals surface area contributed by atoms with Crippen molar-refractivity contribution in [1.29, 1.82) is 0 Å². The molecule has 0 unspecified atom stereocenters. The number of benzene rings is 1. The lowest BCUT2D eigenvalue weighted by atomic mass is 10.3. The Kier molecular flexibility index (Phi) is 4.69. The molecule has 0 radical (unpaired) electrons. The molecule has 0 aliphatic carbocycles. The summed E-state index contributed by atoms with van der Waals surface area (Å²) in [5.41, 5.74) is 0.0838. The van der Waals surface area contributed by atoms with Crippen molar-refractivity contribution < 1.29 is 9.13 Å². The van der Waals surface area contributed by atoms with Crippen LogP contribution in [0.15, 0.2) is 17.1 Å². The van der Waals surface area contributed by atoms with Crippen LogP contribution < -0.4 is 4.74 Å². The SMILES string of the molecule is CCCOc1cc(N=C=S)c(F)cc1Cl. The first-order valence-electron chi connectivity index (χ1n) is 4.38. The predicted molar refractivity (Wildman–Crippen MR) is 61.9 cm³/mol. The van der Waals surface area contributed by atoms with Gasteiger partial charge in [0.25, 0.3) is 0 Å². The molecular formula is C10H9ClFNOS. The average Bonchev–Trinajstić information content (AvgIpc) is 2.20. The number of ether oxygens (including phenoxy) is 1. The fourth-order valence-electron chi connectivity index (χ4n) is 0.976. The highest BCUT2D eigenvalue weighted by Crippen LogP contribution is 2.31. The number of halogens is 2. The Morgan fingerprint density at radius 1 is 1.60 bits per heavy atom. The van der Waals surface area contributed by atoms with Crippen molar-refractivity contribution in [2.24, 2.45) is 4.99 Å². The highest BCUT2D eigenvalue weighted by Gasteiger charge is 2.08. The molecule has 0 aliphatic rings. The van der Waals surface area contributed by atoms with Crippen LogP contribution in [0.4, 0.5) is 10.1 Å². The highest BCUT2D eigenvalue weighted by molar-refractivity contribution is 7.78. The first-order chi connectivity index (χ1) is 7.19. The molecule has 0 atom stereocenters. The van der Waals surface area contributed by atoms with E-state index in [1.54, 1.807) is 0 Å². The van der Waals surface area contributed by atoms with E-state index in [0.29, 0.717) is 12.4 Å². The van der Waals surface area contributed by atoms with Gasteiger partial charge >= 0.3 is 0 Å². The number of thiocarbonyl (C=S) groups is 1. The average molecular weight is 246 g/mol. The van der Waals surface area contributed by atoms with Crippen molar-refractivity contribution in [2.75, 3.05) is 6.61 Å². The van der Waals surface area contributed by atoms with E-state index in [1.807, 2.05) is 6.92 Å². The van der Waals surface area contributed by atoms with Crippen LogP contribution in [-0.4, -0.2) is 11.8 Å². The van der Waals surface area contributed by atoms with Crippen molar-refractivity contribution in [1.82, 2.24) is 0 Å². The molecule has 15 heavy (non-hydrogen) atoms. The standard InChI is InChI=1S/C10H9ClFNOS/c1-2-3-14-10-5-9(13-6-15)8(12)4-7(10)11/h4-5H,2-3H2,1H3. The van der Waals surface area contributed by atoms with Crippen molar-refractivity contribution in [3.63, 3.8) is 0 Å². The highest BCUT2D eigenvalue weighted by atomic mass is 35.5. The van der Waals surface area contributed by atoms with E-state index in [1.165, 1.54) is 6.07 Å². The number of hydrogen-bond donors (Lipinski definition) is 0. The van der Waals surface area contributed by atoms with Gasteiger partial charge in [-0.25, -0.2) is 4.39 Å². The molecule has 1 rings (SSSR count). The first-order valence-corrected chi connectivity index (χ1v) is 5.17. The summed E-state index contributed by atoms with van der Waals surface area (Å²) in [6.07, 6.45) is 0.847. The maximum atomic E-state index is 13.2. The molecule has 0 spiro atoms. The number of rotatable bonds is 4. The second-order valence-electron chi connectivity index (χ2n) is 2.79. The zero-order valence-corrected chi connectivity index (χ0v) is 9.66. The summed E-state index contributed by atoms with van der Waals surface area (Å²) in [4.78, 5) is 3.57. The first kappa shape index (κ1) is 12.1. The Balaban J connectivity index is 3.05. The molecule has 1 aromatic rings. The van der Waals surface area contributed by atoms with Crippen LogP contribution in [0.25, 0.3) is 0 Å². The zero-order valence-electron chi connectivity index (χ0n) is 8.09. The fourth-order valence-corrected chi connectivity index (χ4v) is 1.28. The van der Waals surface area contributed by atoms with Crippen LogP contribution in [-0.2, 0) is 0 Å². The second-order valence-corrected chi connectivity index (χ2v) is 3.38. The van der Waals surface area contributed by atoms with Crippen LogP contribution in [0.2, 0.25) is 5.02 Å². The molecule has 0 saturated carbocycles. The van der Waals surface area contributed by atoms with E-state index in [-0.39, 0.29) is 10.7 Å². The van der Waals surface area contributed by atoms with Gasteiger partial charge in [0.1, 0.15) is 11.4 Å². The minimum Gasteiger partial charge on any atom is -0.492 e. The summed E-state index contributed by atoms with van der Waals surface area (Å²) in [6.45, 7) is 2.49. The van der Waals surface area contributed by atoms with Gasteiger partial charge in [-0.2, -0.15) is 4.99 Å². The molecule has 0 aliphatic heterocycles. The molecule has 0 bridgehead atoms. The quantitative estimate of drug-likeness (QED) is 0.591. The Labute approximate surface area is 97.7 Å². The monoisotopic (exact) mass is 245 g/mol. The third-order valence-electron chi connectivity index (χ3n) is 1.63. The van der Waals surface area contributed by atoms with E-state index in [4.69, 9.17) is 16.3 Å². The molecule has 0 fully saturated rings. The molecule has 0 heterocycles. The van der Waals surface area contributed by atoms with Gasteiger partial charge in [0.05, 0.1) is 16.8 Å². The normalized spacial score (nSPS) is 9.53. The lowest BCUT2D eigenvalue weighted by molar-refractivity contribution is 0.317. The maximum absolute atomic E-state index is 13.2. The van der Waals surface area contributed by atoms with Crippen LogP contribution in [0.5, 0.6) is 5.75 Å². The van der Waals surface area contributed by atoms with E-state index >= 15 is 0 Å². The molecule has 0 amide bonds. The van der Waals surface area contributed by atoms with E-state index in [9.17, 15) is 4.39 Å². The molecule has 80 valence electrons. The smallest absolute Gasteiger partial charge is 0.151 e. The van der Waals surface area contributed by atoms with Gasteiger partial charge in [-0.15, -0.1) is 0 Å². The number of isothiocyanates is 1. The molecular weight excluding hydrogens is 237 g/mol. The van der Waals surface area contributed by atoms with Crippen molar-refractivity contribution in [3.05, 3.63) is 23.0 Å². The molecule has 5 heteroatoms. The summed E-state index contributed by atoms with van der Waals surface area (Å²) in [5, 5.41) is 2.32. The minimum atomic E-state index is -0.541. The maximum Gasteiger partial charge on any atom is 0.151 e. The van der Waals surface area contributed by atoms with E-state index in [0.717, 1.165) is 12.5 Å². The topological polar surface area (TPSA) is 21.6 Å². The zero-order chi connectivity index (χ0) is 11.3. The summed E-state index contributed by atoms with van der Waals surface area (Å²) in [6, 6.07) is 2.56. The van der Waals surface area contributed by atoms with Crippen LogP contribution in [0, 0.1) is 5.82 Å². The van der Waals surface area contributed by atoms with Crippen molar-refractivity contribution in [2.45, 2.75) is 13.3 Å². The van der Waals surface area contributed by atoms with Gasteiger partial charge in [-0.1, -0.05) is 18.5 Å². The number of hydrogen-bond acceptors (Lipinski definition) is 3. The molecule has 0 aromatic heterocycles. The lowest BCUT2D eigenvalue weighted by Gasteiger charge is -2.07. The summed E-state index contributed by atoms with van der Waals surface area (Å²) in [7, 11) is 0. The van der Waals surface area contributed by atoms with Gasteiger partial charge in [0, 0.05) is 6.07 Å². The molecule has 1 aromatic carbocycles. The Morgan fingerprint density at radius 3 is 2.93 bits per heavy atom. The van der Waals surface area contributed by atoms with E-state index < -0.39 is 5.82 Å². The van der Waals surface area contributed by atoms with Gasteiger partial charge in [0.2, 0.25) is 0 Å². The third kappa shape index (κ3) is 3.27. The fraction of sp³-hybridized carbons (Fsp3) is 0.300. The minimum absolute atomic E-state index is 0.0838. The predicted octanol–water partition coefficient (Wildman–Crippen LogP) is 4.00. The number of aliphatic imine (C=N–C) groups is 1. The van der Waals surface area contributed by atoms with Crippen LogP contribution >= 0.6 is 23.8 Å². The van der Waals surface area contributed by atoms with Gasteiger partial charge < -0.3 is 4.74 Å². The van der Waals surface area contributed by atoms with Crippen molar-refractivity contribution in [3.8, 4) is 5.75 Å². The lowest BCUT2D eigenvalue weighted by Crippen LogP contribution is -1.96. The molecule has 2 nitrogen and oxygen atoms in total. The Hall–Kier alpha value is -0.960. The Bertz CT molecular complexity index is 405. The summed E-state index contributed by atoms with van der Waals surface area (Å²) >= 11 is 10.2. The van der Waals surface area contributed by atoms with Gasteiger partial charge in [-0.05, 0) is 24.7 Å². The summed E-state index contributed by atoms with van der Waals surface area (Å²) < 4.78 is 18.5. The largest absolute Gasteiger partial charge is 0.492 e. The van der Waals surface area contributed by atoms with Crippen LogP contribution in [0.1, 0.15) is 13.3 Å².